The van der Waals surface area contributed by atoms with Gasteiger partial charge in [-0.3, -0.25) is 0 Å². The van der Waals surface area contributed by atoms with Gasteiger partial charge in [0, 0.05) is 0 Å². The first-order chi connectivity index (χ1) is 2.56. The summed E-state index contributed by atoms with van der Waals surface area (Å²) in [6, 6.07) is 0. The average Bonchev–Trinajstić information content (AvgIpc) is 1.35. The molecule has 2 heteroatoms. The fourth-order valence-corrected chi connectivity index (χ4v) is 0. The van der Waals surface area contributed by atoms with Gasteiger partial charge in [0.15, 0.2) is 0 Å². The third-order valence-corrected chi connectivity index (χ3v) is 9.55. The van der Waals surface area contributed by atoms with Crippen LogP contribution >= 0.6 is 10.1 Å². The summed E-state index contributed by atoms with van der Waals surface area (Å²) in [7, 11) is 2.07. The second-order valence-corrected chi connectivity index (χ2v) is 20.5. The molecule has 0 N–H and O–H groups in total. The van der Waals surface area contributed by atoms with Gasteiger partial charge in [0.1, 0.15) is 0 Å². The van der Waals surface area contributed by atoms with Crippen LogP contribution in [-0.4, -0.2) is 18.4 Å². The zero-order valence-electron chi connectivity index (χ0n) is 4.91. The third kappa shape index (κ3) is 4.89. The molecule has 0 atom stereocenters. The standard InChI is InChI=1S/C4H12GeS/c1-5(2,3)6-4/h1-4H3. The van der Waals surface area contributed by atoms with E-state index < -0.39 is 12.1 Å². The third-order valence-electron chi connectivity index (χ3n) is 0.612. The first-order valence-electron chi connectivity index (χ1n) is 2.11. The fourth-order valence-electron chi connectivity index (χ4n) is 0. The van der Waals surface area contributed by atoms with Gasteiger partial charge >= 0.3 is 45.7 Å². The summed E-state index contributed by atoms with van der Waals surface area (Å²) in [5.41, 5.74) is 0. The normalized spacial score (nSPS) is 12.0. The van der Waals surface area contributed by atoms with Gasteiger partial charge in [0.05, 0.1) is 0 Å². The van der Waals surface area contributed by atoms with E-state index in [1.165, 1.54) is 0 Å². The van der Waals surface area contributed by atoms with Crippen LogP contribution in [-0.2, 0) is 0 Å². The van der Waals surface area contributed by atoms with E-state index in [1.54, 1.807) is 0 Å². The fraction of sp³-hybridized carbons (Fsp3) is 1.00. The molecule has 0 aliphatic heterocycles. The molecule has 0 aliphatic rings. The van der Waals surface area contributed by atoms with Crippen LogP contribution in [0.4, 0.5) is 0 Å². The number of rotatable bonds is 1. The van der Waals surface area contributed by atoms with Crippen molar-refractivity contribution in [3.63, 3.8) is 0 Å². The average molecular weight is 165 g/mol. The van der Waals surface area contributed by atoms with Crippen molar-refractivity contribution in [3.05, 3.63) is 0 Å². The molecule has 0 bridgehead atoms. The van der Waals surface area contributed by atoms with Crippen LogP contribution in [0.5, 0.6) is 0 Å². The van der Waals surface area contributed by atoms with Gasteiger partial charge in [-0.05, 0) is 0 Å². The van der Waals surface area contributed by atoms with Crippen molar-refractivity contribution in [3.8, 4) is 0 Å². The van der Waals surface area contributed by atoms with E-state index >= 15 is 0 Å². The molecule has 6 heavy (non-hydrogen) atoms. The molecule has 0 rings (SSSR count). The van der Waals surface area contributed by atoms with Crippen LogP contribution < -0.4 is 0 Å². The van der Waals surface area contributed by atoms with Crippen LogP contribution in [0.1, 0.15) is 0 Å². The molecule has 0 unspecified atom stereocenters. The van der Waals surface area contributed by atoms with Crippen molar-refractivity contribution in [2.45, 2.75) is 17.3 Å². The van der Waals surface area contributed by atoms with Crippen LogP contribution in [0.3, 0.4) is 0 Å². The maximum absolute atomic E-state index is 2.39. The predicted molar refractivity (Wildman–Crippen MR) is 36.9 cm³/mol. The maximum atomic E-state index is 2.39. The summed E-state index contributed by atoms with van der Waals surface area (Å²) in [6.45, 7) is 0. The molecule has 0 aliphatic carbocycles. The minimum atomic E-state index is -1.12. The SMILES string of the molecule is C[S][Ge]([CH3])([CH3])[CH3]. The molecule has 0 heterocycles. The zero-order valence-corrected chi connectivity index (χ0v) is 7.82. The Kier molecular flexibility index (Phi) is 2.60. The Labute approximate surface area is 46.1 Å². The summed E-state index contributed by atoms with van der Waals surface area (Å²) in [6.07, 6.45) is 2.21. The van der Waals surface area contributed by atoms with Crippen molar-refractivity contribution in [2.24, 2.45) is 0 Å². The van der Waals surface area contributed by atoms with Gasteiger partial charge in [0.25, 0.3) is 0 Å². The monoisotopic (exact) mass is 166 g/mol. The Morgan fingerprint density at radius 3 is 1.33 bits per heavy atom. The summed E-state index contributed by atoms with van der Waals surface area (Å²) in [4.78, 5) is 0. The van der Waals surface area contributed by atoms with Crippen LogP contribution in [0.25, 0.3) is 0 Å². The van der Waals surface area contributed by atoms with E-state index in [2.05, 4.69) is 33.6 Å². The summed E-state index contributed by atoms with van der Waals surface area (Å²) in [5.74, 6) is 7.18. The van der Waals surface area contributed by atoms with Crippen molar-refractivity contribution >= 4 is 22.2 Å². The zero-order chi connectivity index (χ0) is 5.21. The van der Waals surface area contributed by atoms with Gasteiger partial charge < -0.3 is 0 Å². The molecule has 0 spiro atoms. The van der Waals surface area contributed by atoms with E-state index in [-0.39, 0.29) is 0 Å². The van der Waals surface area contributed by atoms with Crippen LogP contribution in [0.15, 0.2) is 0 Å². The molecular formula is C4H12GeS. The number of hydrogen-bond acceptors (Lipinski definition) is 1. The number of hydrogen-bond donors (Lipinski definition) is 0. The van der Waals surface area contributed by atoms with Crippen LogP contribution in [0.2, 0.25) is 17.3 Å². The summed E-state index contributed by atoms with van der Waals surface area (Å²) < 4.78 is 0. The first kappa shape index (κ1) is 6.89. The Morgan fingerprint density at radius 2 is 1.33 bits per heavy atom. The molecule has 0 radical (unpaired) electrons. The van der Waals surface area contributed by atoms with E-state index in [4.69, 9.17) is 0 Å². The Balaban J connectivity index is 3.17. The topological polar surface area (TPSA) is 0 Å². The molecule has 0 amide bonds. The van der Waals surface area contributed by atoms with Crippen LogP contribution in [0, 0.1) is 0 Å². The molecule has 0 fully saturated rings. The molecule has 0 aromatic rings. The molecule has 0 aromatic carbocycles. The Hall–Kier alpha value is 0.893. The van der Waals surface area contributed by atoms with E-state index in [0.29, 0.717) is 0 Å². The molecule has 38 valence electrons. The molecule has 0 saturated carbocycles. The van der Waals surface area contributed by atoms with E-state index in [9.17, 15) is 0 Å². The van der Waals surface area contributed by atoms with Gasteiger partial charge in [-0.1, -0.05) is 0 Å². The van der Waals surface area contributed by atoms with E-state index in [0.717, 1.165) is 0 Å². The second-order valence-electron chi connectivity index (χ2n) is 2.32. The van der Waals surface area contributed by atoms with Crippen molar-refractivity contribution < 1.29 is 0 Å². The summed E-state index contributed by atoms with van der Waals surface area (Å²) in [5, 5.41) is 0. The van der Waals surface area contributed by atoms with Gasteiger partial charge in [-0.2, -0.15) is 0 Å². The molecule has 0 aromatic heterocycles. The summed E-state index contributed by atoms with van der Waals surface area (Å²) >= 11 is -1.12. The molecule has 0 nitrogen and oxygen atoms in total. The van der Waals surface area contributed by atoms with Gasteiger partial charge in [-0.15, -0.1) is 0 Å². The Morgan fingerprint density at radius 1 is 1.17 bits per heavy atom. The quantitative estimate of drug-likeness (QED) is 0.536. The van der Waals surface area contributed by atoms with Crippen molar-refractivity contribution in [1.29, 1.82) is 0 Å². The minimum absolute atomic E-state index is 1.12. The predicted octanol–water partition coefficient (Wildman–Crippen LogP) is 2.18. The van der Waals surface area contributed by atoms with E-state index in [1.807, 2.05) is 0 Å². The van der Waals surface area contributed by atoms with Crippen molar-refractivity contribution in [1.82, 2.24) is 0 Å². The molecule has 0 saturated heterocycles. The molecular weight excluding hydrogens is 153 g/mol. The first-order valence-corrected chi connectivity index (χ1v) is 12.2. The van der Waals surface area contributed by atoms with Gasteiger partial charge in [0.2, 0.25) is 0 Å². The Bertz CT molecular complexity index is 37.3. The van der Waals surface area contributed by atoms with Gasteiger partial charge in [-0.25, -0.2) is 0 Å². The van der Waals surface area contributed by atoms with Crippen molar-refractivity contribution in [2.75, 3.05) is 6.26 Å². The second kappa shape index (κ2) is 2.26.